The fourth-order valence-electron chi connectivity index (χ4n) is 11.4. The number of rotatable bonds is 11. The highest BCUT2D eigenvalue weighted by atomic mass is 16.5. The molecular weight excluding hydrogens is 779 g/mol. The molecule has 6 aliphatic rings. The van der Waals surface area contributed by atoms with Crippen molar-refractivity contribution in [2.24, 2.45) is 39.9 Å². The molecule has 3 N–H and O–H groups in total. The molecule has 3 saturated carbocycles. The summed E-state index contributed by atoms with van der Waals surface area (Å²) in [6, 6.07) is 11.3. The summed E-state index contributed by atoms with van der Waals surface area (Å²) in [6.07, 6.45) is 10.3. The third kappa shape index (κ3) is 7.60. The lowest BCUT2D eigenvalue weighted by molar-refractivity contribution is -0.168. The molecule has 3 heterocycles. The fourth-order valence-corrected chi connectivity index (χ4v) is 11.4. The quantitative estimate of drug-likeness (QED) is 0.136. The molecule has 2 aromatic rings. The summed E-state index contributed by atoms with van der Waals surface area (Å²) in [7, 11) is 0. The van der Waals surface area contributed by atoms with E-state index in [0.29, 0.717) is 54.5 Å². The Bertz CT molecular complexity index is 2200. The van der Waals surface area contributed by atoms with Gasteiger partial charge in [0.15, 0.2) is 6.73 Å². The molecule has 3 aliphatic heterocycles. The Morgan fingerprint density at radius 2 is 1.70 bits per heavy atom. The first-order valence-corrected chi connectivity index (χ1v) is 21.8. The number of nitrogens with one attached hydrogen (secondary N) is 3. The van der Waals surface area contributed by atoms with E-state index >= 15 is 0 Å². The molecule has 0 spiro atoms. The van der Waals surface area contributed by atoms with Crippen molar-refractivity contribution in [1.82, 2.24) is 15.1 Å². The number of esters is 1. The van der Waals surface area contributed by atoms with Crippen LogP contribution in [0.25, 0.3) is 0 Å². The van der Waals surface area contributed by atoms with Crippen molar-refractivity contribution in [2.45, 2.75) is 104 Å². The number of benzene rings is 2. The van der Waals surface area contributed by atoms with Crippen molar-refractivity contribution in [3.63, 3.8) is 0 Å². The molecule has 3 aliphatic carbocycles. The number of carbonyl (C=O) groups is 7. The van der Waals surface area contributed by atoms with E-state index in [-0.39, 0.29) is 58.6 Å². The second-order valence-electron chi connectivity index (χ2n) is 19.3. The first kappa shape index (κ1) is 42.2. The molecule has 0 bridgehead atoms. The van der Waals surface area contributed by atoms with Gasteiger partial charge in [0, 0.05) is 47.8 Å². The van der Waals surface area contributed by atoms with Gasteiger partial charge in [-0.1, -0.05) is 32.1 Å². The fraction of sp³-hybridized carbons (Fsp3) is 0.553. The van der Waals surface area contributed by atoms with Crippen molar-refractivity contribution in [3.05, 3.63) is 65.7 Å². The molecular formula is C47H57N5O9. The first-order valence-electron chi connectivity index (χ1n) is 21.8. The largest absolute Gasteiger partial charge is 0.493 e. The van der Waals surface area contributed by atoms with Crippen LogP contribution >= 0.6 is 0 Å². The number of carbonyl (C=O) groups excluding carboxylic acids is 7. The topological polar surface area (TPSA) is 181 Å². The number of anilines is 2. The van der Waals surface area contributed by atoms with Crippen LogP contribution in [0, 0.1) is 39.9 Å². The lowest BCUT2D eigenvalue weighted by Gasteiger charge is -2.58. The molecule has 6 amide bonds. The van der Waals surface area contributed by atoms with Gasteiger partial charge in [0.2, 0.25) is 17.7 Å². The summed E-state index contributed by atoms with van der Waals surface area (Å²) in [6.45, 7) is 9.74. The molecule has 14 heteroatoms. The summed E-state index contributed by atoms with van der Waals surface area (Å²) < 4.78 is 11.3. The number of fused-ring (bicyclic) bond motifs is 6. The SMILES string of the molecule is CC(C)(C)C(=O)OCN1C(=O)CCC(N2C(=O)c3cccc(NCCCOc4cccc(NC(=O)[C@H]5CC[C@H]6[C@@H]7CC[C@H]8NC(=O)C=C[C@]8(C)[C@H]7CC[C@]56C)c4)c3C2=O)C1=O. The van der Waals surface area contributed by atoms with Gasteiger partial charge in [0.25, 0.3) is 17.7 Å². The van der Waals surface area contributed by atoms with E-state index in [1.165, 1.54) is 6.07 Å². The molecule has 8 rings (SSSR count). The molecule has 14 nitrogen and oxygen atoms in total. The molecule has 324 valence electrons. The van der Waals surface area contributed by atoms with E-state index in [1.807, 2.05) is 24.3 Å². The summed E-state index contributed by atoms with van der Waals surface area (Å²) in [5.41, 5.74) is 0.460. The van der Waals surface area contributed by atoms with Crippen molar-refractivity contribution in [3.8, 4) is 5.75 Å². The van der Waals surface area contributed by atoms with E-state index in [1.54, 1.807) is 39.0 Å². The van der Waals surface area contributed by atoms with Crippen molar-refractivity contribution >= 4 is 52.8 Å². The molecule has 1 unspecified atom stereocenters. The third-order valence-corrected chi connectivity index (χ3v) is 14.7. The molecule has 2 aromatic carbocycles. The van der Waals surface area contributed by atoms with Crippen molar-refractivity contribution in [1.29, 1.82) is 0 Å². The van der Waals surface area contributed by atoms with Gasteiger partial charge in [-0.15, -0.1) is 0 Å². The highest BCUT2D eigenvalue weighted by Crippen LogP contribution is 2.65. The molecule has 0 aromatic heterocycles. The molecule has 4 fully saturated rings. The molecule has 8 atom stereocenters. The Morgan fingerprint density at radius 1 is 0.918 bits per heavy atom. The Hall–Kier alpha value is -5.53. The number of hydrogen-bond acceptors (Lipinski definition) is 10. The maximum atomic E-state index is 13.9. The van der Waals surface area contributed by atoms with Gasteiger partial charge in [-0.3, -0.25) is 38.5 Å². The Kier molecular flexibility index (Phi) is 11.1. The average molecular weight is 836 g/mol. The van der Waals surface area contributed by atoms with Crippen LogP contribution in [0.15, 0.2) is 54.6 Å². The molecule has 1 saturated heterocycles. The predicted molar refractivity (Wildman–Crippen MR) is 225 cm³/mol. The van der Waals surface area contributed by atoms with Gasteiger partial charge in [0.1, 0.15) is 11.8 Å². The third-order valence-electron chi connectivity index (χ3n) is 14.7. The van der Waals surface area contributed by atoms with Crippen LogP contribution in [0.4, 0.5) is 11.4 Å². The van der Waals surface area contributed by atoms with Crippen LogP contribution in [-0.4, -0.2) is 83.2 Å². The van der Waals surface area contributed by atoms with Crippen LogP contribution in [0.3, 0.4) is 0 Å². The highest BCUT2D eigenvalue weighted by Gasteiger charge is 2.61. The zero-order valence-corrected chi connectivity index (χ0v) is 35.7. The second kappa shape index (κ2) is 16.1. The van der Waals surface area contributed by atoms with E-state index < -0.39 is 47.8 Å². The summed E-state index contributed by atoms with van der Waals surface area (Å²) in [4.78, 5) is 93.6. The maximum Gasteiger partial charge on any atom is 0.312 e. The minimum absolute atomic E-state index is 0.00850. The minimum Gasteiger partial charge on any atom is -0.493 e. The standard InChI is InChI=1S/C47H57N5O9/c1-45(2,3)44(59)61-26-51-38(54)18-16-35(42(51)57)52-41(56)30-11-7-12-34(39(30)43(52)58)48-23-8-24-60-28-10-6-9-27(25-28)49-40(55)33-15-14-31-29-13-17-36-47(5,22-20-37(53)50-36)32(29)19-21-46(31,33)4/h6-7,9-12,20,22,25,29,31-33,35-36,48H,8,13-19,21,23-24,26H2,1-5H3,(H,49,55)(H,50,53)/t29-,31-,32-,33+,35?,36+,46-,47+/m0/s1. The van der Waals surface area contributed by atoms with Crippen LogP contribution < -0.4 is 20.7 Å². The molecule has 61 heavy (non-hydrogen) atoms. The van der Waals surface area contributed by atoms with Crippen LogP contribution in [-0.2, 0) is 28.7 Å². The van der Waals surface area contributed by atoms with Gasteiger partial charge >= 0.3 is 5.97 Å². The number of imide groups is 2. The summed E-state index contributed by atoms with van der Waals surface area (Å²) >= 11 is 0. The zero-order valence-electron chi connectivity index (χ0n) is 35.7. The number of nitrogens with zero attached hydrogens (tertiary/aromatic N) is 2. The van der Waals surface area contributed by atoms with Gasteiger partial charge in [-0.2, -0.15) is 0 Å². The average Bonchev–Trinajstić information content (AvgIpc) is 3.70. The summed E-state index contributed by atoms with van der Waals surface area (Å²) in [5.74, 6) is -1.07. The van der Waals surface area contributed by atoms with E-state index in [4.69, 9.17) is 9.47 Å². The van der Waals surface area contributed by atoms with E-state index in [9.17, 15) is 33.6 Å². The Morgan fingerprint density at radius 3 is 2.49 bits per heavy atom. The van der Waals surface area contributed by atoms with Crippen molar-refractivity contribution < 1.29 is 43.0 Å². The minimum atomic E-state index is -1.21. The Labute approximate surface area is 356 Å². The normalized spacial score (nSPS) is 30.5. The Balaban J connectivity index is 0.833. The maximum absolute atomic E-state index is 13.9. The predicted octanol–water partition coefficient (Wildman–Crippen LogP) is 6.08. The van der Waals surface area contributed by atoms with Crippen LogP contribution in [0.1, 0.15) is 113 Å². The van der Waals surface area contributed by atoms with Crippen LogP contribution in [0.2, 0.25) is 0 Å². The number of hydrogen-bond donors (Lipinski definition) is 3. The van der Waals surface area contributed by atoms with Crippen LogP contribution in [0.5, 0.6) is 5.75 Å². The van der Waals surface area contributed by atoms with Gasteiger partial charge in [-0.25, -0.2) is 4.90 Å². The molecule has 0 radical (unpaired) electrons. The van der Waals surface area contributed by atoms with Crippen molar-refractivity contribution in [2.75, 3.05) is 30.5 Å². The van der Waals surface area contributed by atoms with Gasteiger partial charge in [-0.05, 0) is 126 Å². The zero-order chi connectivity index (χ0) is 43.4. The lowest BCUT2D eigenvalue weighted by Crippen LogP contribution is -2.59. The van der Waals surface area contributed by atoms with E-state index in [2.05, 4.69) is 35.9 Å². The van der Waals surface area contributed by atoms with Gasteiger partial charge in [0.05, 0.1) is 23.1 Å². The number of ether oxygens (including phenoxy) is 2. The van der Waals surface area contributed by atoms with E-state index in [0.717, 1.165) is 48.3 Å². The lowest BCUT2D eigenvalue weighted by atomic mass is 9.48. The monoisotopic (exact) mass is 835 g/mol. The second-order valence-corrected chi connectivity index (χ2v) is 19.3. The number of likely N-dealkylation sites (tertiary alicyclic amines) is 1. The van der Waals surface area contributed by atoms with Gasteiger partial charge < -0.3 is 25.4 Å². The number of piperidine rings is 1. The first-order chi connectivity index (χ1) is 29.0. The summed E-state index contributed by atoms with van der Waals surface area (Å²) in [5, 5.41) is 9.67. The smallest absolute Gasteiger partial charge is 0.312 e. The highest BCUT2D eigenvalue weighted by molar-refractivity contribution is 6.25. The number of amides is 6.